The van der Waals surface area contributed by atoms with Gasteiger partial charge in [0, 0.05) is 7.05 Å². The van der Waals surface area contributed by atoms with Crippen LogP contribution >= 0.6 is 0 Å². The average Bonchev–Trinajstić information content (AvgIpc) is 2.66. The maximum atomic E-state index is 12.4. The smallest absolute Gasteiger partial charge is 0.347 e. The number of nitrogens with zero attached hydrogens (tertiary/aromatic N) is 3. The Morgan fingerprint density at radius 3 is 2.58 bits per heavy atom. The van der Waals surface area contributed by atoms with Crippen LogP contribution in [0.25, 0.3) is 0 Å². The number of aromatic nitrogens is 3. The molecule has 1 fully saturated rings. The Morgan fingerprint density at radius 1 is 1.23 bits per heavy atom. The third-order valence-electron chi connectivity index (χ3n) is 4.78. The number of hydrogen-bond donors (Lipinski definition) is 2. The van der Waals surface area contributed by atoms with E-state index in [4.69, 9.17) is 4.74 Å². The summed E-state index contributed by atoms with van der Waals surface area (Å²) in [5, 5.41) is 17.4. The Labute approximate surface area is 151 Å². The number of benzene rings is 1. The van der Waals surface area contributed by atoms with Gasteiger partial charge in [0.25, 0.3) is 5.56 Å². The highest BCUT2D eigenvalue weighted by Crippen LogP contribution is 2.20. The van der Waals surface area contributed by atoms with Gasteiger partial charge in [0.2, 0.25) is 5.82 Å². The number of aliphatic hydroxyl groups is 1. The van der Waals surface area contributed by atoms with E-state index >= 15 is 0 Å². The fraction of sp³-hybridized carbons (Fsp3) is 0.500. The van der Waals surface area contributed by atoms with Gasteiger partial charge in [-0.15, -0.1) is 5.10 Å². The second-order valence-electron chi connectivity index (χ2n) is 6.60. The number of methoxy groups -OCH3 is 1. The minimum Gasteiger partial charge on any atom is -0.497 e. The Morgan fingerprint density at radius 2 is 1.92 bits per heavy atom. The number of hydrogen-bond acceptors (Lipinski definition) is 6. The van der Waals surface area contributed by atoms with Crippen LogP contribution in [-0.4, -0.2) is 38.7 Å². The molecule has 0 radical (unpaired) electrons. The topological polar surface area (TPSA) is 98.4 Å². The zero-order chi connectivity index (χ0) is 18.7. The van der Waals surface area contributed by atoms with E-state index in [2.05, 4.69) is 10.4 Å². The fourth-order valence-corrected chi connectivity index (χ4v) is 3.18. The van der Waals surface area contributed by atoms with Crippen LogP contribution in [0.5, 0.6) is 5.75 Å². The zero-order valence-corrected chi connectivity index (χ0v) is 15.0. The molecule has 1 saturated carbocycles. The second-order valence-corrected chi connectivity index (χ2v) is 6.60. The molecule has 1 aromatic carbocycles. The summed E-state index contributed by atoms with van der Waals surface area (Å²) in [5.74, 6) is 0.815. The molecule has 0 bridgehead atoms. The first kappa shape index (κ1) is 18.2. The number of nitrogens with one attached hydrogen (secondary N) is 1. The zero-order valence-electron chi connectivity index (χ0n) is 15.0. The molecule has 3 rings (SSSR count). The van der Waals surface area contributed by atoms with Crippen molar-refractivity contribution in [3.63, 3.8) is 0 Å². The Bertz CT molecular complexity index is 872. The SMILES string of the molecule is COc1ccc(Cn2nc(N[C@@H]3CCCC[C@H]3O)c(=O)n(C)c2=O)cc1. The van der Waals surface area contributed by atoms with Gasteiger partial charge in [0.1, 0.15) is 5.75 Å². The van der Waals surface area contributed by atoms with Crippen LogP contribution < -0.4 is 21.3 Å². The first-order valence-electron chi connectivity index (χ1n) is 8.75. The van der Waals surface area contributed by atoms with Gasteiger partial charge in [-0.3, -0.25) is 9.36 Å². The van der Waals surface area contributed by atoms with Crippen LogP contribution in [0.15, 0.2) is 33.9 Å². The molecule has 0 spiro atoms. The minimum absolute atomic E-state index is 0.0894. The molecule has 26 heavy (non-hydrogen) atoms. The quantitative estimate of drug-likeness (QED) is 0.815. The molecule has 1 aromatic heterocycles. The molecular formula is C18H24N4O4. The molecule has 2 atom stereocenters. The summed E-state index contributed by atoms with van der Waals surface area (Å²) in [6.45, 7) is 0.235. The second kappa shape index (κ2) is 7.74. The maximum Gasteiger partial charge on any atom is 0.347 e. The van der Waals surface area contributed by atoms with Crippen LogP contribution in [0.2, 0.25) is 0 Å². The molecule has 0 aliphatic heterocycles. The van der Waals surface area contributed by atoms with Crippen molar-refractivity contribution < 1.29 is 9.84 Å². The molecule has 0 saturated heterocycles. The molecule has 1 heterocycles. The molecular weight excluding hydrogens is 336 g/mol. The van der Waals surface area contributed by atoms with Crippen molar-refractivity contribution in [2.75, 3.05) is 12.4 Å². The number of aliphatic hydroxyl groups excluding tert-OH is 1. The molecule has 1 aliphatic carbocycles. The van der Waals surface area contributed by atoms with E-state index in [-0.39, 0.29) is 18.4 Å². The first-order valence-corrected chi connectivity index (χ1v) is 8.75. The lowest BCUT2D eigenvalue weighted by atomic mass is 9.93. The Kier molecular flexibility index (Phi) is 5.41. The Balaban J connectivity index is 1.89. The normalized spacial score (nSPS) is 20.0. The molecule has 8 heteroatoms. The van der Waals surface area contributed by atoms with Crippen molar-refractivity contribution in [2.45, 2.75) is 44.4 Å². The third-order valence-corrected chi connectivity index (χ3v) is 4.78. The van der Waals surface area contributed by atoms with Gasteiger partial charge in [-0.1, -0.05) is 25.0 Å². The van der Waals surface area contributed by atoms with Crippen molar-refractivity contribution in [3.05, 3.63) is 50.7 Å². The van der Waals surface area contributed by atoms with Gasteiger partial charge in [0.05, 0.1) is 25.8 Å². The summed E-state index contributed by atoms with van der Waals surface area (Å²) in [6.07, 6.45) is 2.91. The standard InChI is InChI=1S/C18H24N4O4/c1-21-17(24)16(19-14-5-3-4-6-15(14)23)20-22(18(21)25)11-12-7-9-13(26-2)10-8-12/h7-10,14-15,23H,3-6,11H2,1-2H3,(H,19,20)/t14-,15-/m1/s1. The highest BCUT2D eigenvalue weighted by Gasteiger charge is 2.24. The van der Waals surface area contributed by atoms with E-state index in [0.29, 0.717) is 6.42 Å². The average molecular weight is 360 g/mol. The Hall–Kier alpha value is -2.61. The molecule has 0 unspecified atom stereocenters. The van der Waals surface area contributed by atoms with Gasteiger partial charge in [-0.2, -0.15) is 0 Å². The molecule has 1 aliphatic rings. The van der Waals surface area contributed by atoms with Crippen LogP contribution in [0.4, 0.5) is 5.82 Å². The van der Waals surface area contributed by atoms with Crippen molar-refractivity contribution in [1.29, 1.82) is 0 Å². The summed E-state index contributed by atoms with van der Waals surface area (Å²) in [6, 6.07) is 7.07. The van der Waals surface area contributed by atoms with Crippen molar-refractivity contribution in [3.8, 4) is 5.75 Å². The minimum atomic E-state index is -0.516. The van der Waals surface area contributed by atoms with Gasteiger partial charge in [-0.25, -0.2) is 9.48 Å². The lowest BCUT2D eigenvalue weighted by molar-refractivity contribution is 0.116. The van der Waals surface area contributed by atoms with Crippen LogP contribution in [0.1, 0.15) is 31.2 Å². The highest BCUT2D eigenvalue weighted by atomic mass is 16.5. The summed E-state index contributed by atoms with van der Waals surface area (Å²) >= 11 is 0. The molecule has 140 valence electrons. The number of ether oxygens (including phenoxy) is 1. The first-order chi connectivity index (χ1) is 12.5. The number of anilines is 1. The molecule has 2 N–H and O–H groups in total. The summed E-state index contributed by atoms with van der Waals surface area (Å²) in [5.41, 5.74) is -0.109. The van der Waals surface area contributed by atoms with Crippen LogP contribution in [0.3, 0.4) is 0 Å². The lowest BCUT2D eigenvalue weighted by Gasteiger charge is -2.28. The fourth-order valence-electron chi connectivity index (χ4n) is 3.18. The number of rotatable bonds is 5. The maximum absolute atomic E-state index is 12.4. The van der Waals surface area contributed by atoms with E-state index in [9.17, 15) is 14.7 Å². The van der Waals surface area contributed by atoms with Crippen LogP contribution in [-0.2, 0) is 13.6 Å². The van der Waals surface area contributed by atoms with Crippen LogP contribution in [0, 0.1) is 0 Å². The van der Waals surface area contributed by atoms with Gasteiger partial charge in [0.15, 0.2) is 0 Å². The van der Waals surface area contributed by atoms with E-state index in [1.807, 2.05) is 12.1 Å². The van der Waals surface area contributed by atoms with E-state index < -0.39 is 17.4 Å². The summed E-state index contributed by atoms with van der Waals surface area (Å²) in [4.78, 5) is 24.8. The van der Waals surface area contributed by atoms with E-state index in [1.54, 1.807) is 19.2 Å². The van der Waals surface area contributed by atoms with Gasteiger partial charge >= 0.3 is 5.69 Å². The molecule has 2 aromatic rings. The van der Waals surface area contributed by atoms with E-state index in [1.165, 1.54) is 11.7 Å². The van der Waals surface area contributed by atoms with Crippen molar-refractivity contribution in [2.24, 2.45) is 7.05 Å². The predicted octanol–water partition coefficient (Wildman–Crippen LogP) is 0.714. The summed E-state index contributed by atoms with van der Waals surface area (Å²) < 4.78 is 7.41. The van der Waals surface area contributed by atoms with Gasteiger partial charge < -0.3 is 15.2 Å². The van der Waals surface area contributed by atoms with E-state index in [0.717, 1.165) is 35.1 Å². The van der Waals surface area contributed by atoms with Crippen molar-refractivity contribution in [1.82, 2.24) is 14.3 Å². The monoisotopic (exact) mass is 360 g/mol. The summed E-state index contributed by atoms with van der Waals surface area (Å²) in [7, 11) is 3.02. The lowest BCUT2D eigenvalue weighted by Crippen LogP contribution is -2.44. The third kappa shape index (κ3) is 3.80. The van der Waals surface area contributed by atoms with Crippen molar-refractivity contribution >= 4 is 5.82 Å². The van der Waals surface area contributed by atoms with Gasteiger partial charge in [-0.05, 0) is 30.5 Å². The highest BCUT2D eigenvalue weighted by molar-refractivity contribution is 5.32. The molecule has 8 nitrogen and oxygen atoms in total. The predicted molar refractivity (Wildman–Crippen MR) is 97.7 cm³/mol. The largest absolute Gasteiger partial charge is 0.497 e. The molecule has 0 amide bonds.